The second-order valence-electron chi connectivity index (χ2n) is 3.21. The SMILES string of the molecule is Cc1nsc(Nc2ccc(C(N)=S)cc2)n1. The van der Waals surface area contributed by atoms with E-state index >= 15 is 0 Å². The predicted molar refractivity (Wildman–Crippen MR) is 70.3 cm³/mol. The third kappa shape index (κ3) is 2.53. The van der Waals surface area contributed by atoms with Crippen molar-refractivity contribution in [3.63, 3.8) is 0 Å². The van der Waals surface area contributed by atoms with Crippen molar-refractivity contribution in [2.45, 2.75) is 6.92 Å². The first-order valence-corrected chi connectivity index (χ1v) is 5.80. The summed E-state index contributed by atoms with van der Waals surface area (Å²) < 4.78 is 4.09. The molecule has 0 bridgehead atoms. The zero-order valence-corrected chi connectivity index (χ0v) is 10.2. The first-order valence-electron chi connectivity index (χ1n) is 4.62. The second-order valence-corrected chi connectivity index (χ2v) is 4.41. The number of nitrogens with one attached hydrogen (secondary N) is 1. The summed E-state index contributed by atoms with van der Waals surface area (Å²) in [5, 5.41) is 3.93. The maximum Gasteiger partial charge on any atom is 0.207 e. The van der Waals surface area contributed by atoms with Crippen LogP contribution < -0.4 is 11.1 Å². The molecule has 4 nitrogen and oxygen atoms in total. The minimum Gasteiger partial charge on any atom is -0.389 e. The average Bonchev–Trinajstić information content (AvgIpc) is 2.65. The molecule has 0 unspecified atom stereocenters. The van der Waals surface area contributed by atoms with Gasteiger partial charge in [0.15, 0.2) is 0 Å². The molecule has 0 atom stereocenters. The zero-order chi connectivity index (χ0) is 11.5. The number of nitrogens with two attached hydrogens (primary N) is 1. The Labute approximate surface area is 103 Å². The van der Waals surface area contributed by atoms with E-state index < -0.39 is 0 Å². The zero-order valence-electron chi connectivity index (χ0n) is 8.60. The van der Waals surface area contributed by atoms with Gasteiger partial charge >= 0.3 is 0 Å². The quantitative estimate of drug-likeness (QED) is 0.818. The molecule has 0 radical (unpaired) electrons. The van der Waals surface area contributed by atoms with Gasteiger partial charge in [0.2, 0.25) is 5.13 Å². The van der Waals surface area contributed by atoms with Crippen LogP contribution in [0.1, 0.15) is 11.4 Å². The molecule has 0 aliphatic rings. The molecule has 6 heteroatoms. The van der Waals surface area contributed by atoms with E-state index in [0.29, 0.717) is 4.99 Å². The van der Waals surface area contributed by atoms with Gasteiger partial charge in [-0.2, -0.15) is 4.37 Å². The second kappa shape index (κ2) is 4.54. The van der Waals surface area contributed by atoms with Crippen LogP contribution in [0.2, 0.25) is 0 Å². The smallest absolute Gasteiger partial charge is 0.207 e. The van der Waals surface area contributed by atoms with Gasteiger partial charge < -0.3 is 11.1 Å². The highest BCUT2D eigenvalue weighted by atomic mass is 32.1. The van der Waals surface area contributed by atoms with Gasteiger partial charge in [0, 0.05) is 22.8 Å². The van der Waals surface area contributed by atoms with E-state index in [-0.39, 0.29) is 0 Å². The molecule has 82 valence electrons. The van der Waals surface area contributed by atoms with E-state index in [1.807, 2.05) is 31.2 Å². The molecule has 0 aliphatic carbocycles. The third-order valence-corrected chi connectivity index (χ3v) is 2.91. The molecule has 1 heterocycles. The molecular formula is C10H10N4S2. The third-order valence-electron chi connectivity index (χ3n) is 1.95. The molecule has 2 rings (SSSR count). The minimum absolute atomic E-state index is 0.401. The van der Waals surface area contributed by atoms with Crippen LogP contribution in [0, 0.1) is 6.92 Å². The lowest BCUT2D eigenvalue weighted by atomic mass is 10.2. The lowest BCUT2D eigenvalue weighted by Gasteiger charge is -2.03. The fourth-order valence-electron chi connectivity index (χ4n) is 1.19. The van der Waals surface area contributed by atoms with Crippen molar-refractivity contribution in [3.05, 3.63) is 35.7 Å². The summed E-state index contributed by atoms with van der Waals surface area (Å²) in [5.41, 5.74) is 7.31. The highest BCUT2D eigenvalue weighted by Gasteiger charge is 2.01. The van der Waals surface area contributed by atoms with E-state index in [1.165, 1.54) is 11.5 Å². The molecular weight excluding hydrogens is 240 g/mol. The van der Waals surface area contributed by atoms with Crippen LogP contribution in [0.4, 0.5) is 10.8 Å². The van der Waals surface area contributed by atoms with Gasteiger partial charge in [0.05, 0.1) is 0 Å². The number of anilines is 2. The first-order chi connectivity index (χ1) is 7.65. The highest BCUT2D eigenvalue weighted by Crippen LogP contribution is 2.18. The monoisotopic (exact) mass is 250 g/mol. The normalized spacial score (nSPS) is 10.1. The van der Waals surface area contributed by atoms with Gasteiger partial charge in [0.25, 0.3) is 0 Å². The lowest BCUT2D eigenvalue weighted by Crippen LogP contribution is -2.08. The van der Waals surface area contributed by atoms with Crippen molar-refractivity contribution >= 4 is 39.6 Å². The summed E-state index contributed by atoms with van der Waals surface area (Å²) in [7, 11) is 0. The molecule has 3 N–H and O–H groups in total. The number of aryl methyl sites for hydroxylation is 1. The molecule has 1 aromatic carbocycles. The molecule has 1 aromatic heterocycles. The highest BCUT2D eigenvalue weighted by molar-refractivity contribution is 7.80. The Hall–Kier alpha value is -1.53. The summed E-state index contributed by atoms with van der Waals surface area (Å²) in [5.74, 6) is 0.771. The number of aromatic nitrogens is 2. The fraction of sp³-hybridized carbons (Fsp3) is 0.100. The van der Waals surface area contributed by atoms with Crippen molar-refractivity contribution in [3.8, 4) is 0 Å². The van der Waals surface area contributed by atoms with Crippen LogP contribution in [0.25, 0.3) is 0 Å². The lowest BCUT2D eigenvalue weighted by molar-refractivity contribution is 1.17. The Balaban J connectivity index is 2.14. The standard InChI is InChI=1S/C10H10N4S2/c1-6-12-10(16-14-6)13-8-4-2-7(3-5-8)9(11)15/h2-5H,1H3,(H2,11,15)(H,12,13,14). The minimum atomic E-state index is 0.401. The Bertz CT molecular complexity index is 504. The van der Waals surface area contributed by atoms with Gasteiger partial charge in [-0.25, -0.2) is 4.98 Å². The van der Waals surface area contributed by atoms with Crippen LogP contribution in [0.15, 0.2) is 24.3 Å². The number of hydrogen-bond acceptors (Lipinski definition) is 5. The van der Waals surface area contributed by atoms with E-state index in [0.717, 1.165) is 22.2 Å². The van der Waals surface area contributed by atoms with Crippen molar-refractivity contribution in [1.29, 1.82) is 0 Å². The van der Waals surface area contributed by atoms with Gasteiger partial charge in [-0.05, 0) is 31.2 Å². The average molecular weight is 250 g/mol. The largest absolute Gasteiger partial charge is 0.389 e. The summed E-state index contributed by atoms with van der Waals surface area (Å²) in [6, 6.07) is 7.56. The molecule has 2 aromatic rings. The predicted octanol–water partition coefficient (Wildman–Crippen LogP) is 2.22. The molecule has 0 aliphatic heterocycles. The van der Waals surface area contributed by atoms with Crippen LogP contribution in [0.3, 0.4) is 0 Å². The molecule has 0 saturated heterocycles. The van der Waals surface area contributed by atoms with Crippen molar-refractivity contribution in [2.24, 2.45) is 5.73 Å². The summed E-state index contributed by atoms with van der Waals surface area (Å²) in [6.07, 6.45) is 0. The molecule has 0 spiro atoms. The van der Waals surface area contributed by atoms with Gasteiger partial charge in [0.1, 0.15) is 10.8 Å². The van der Waals surface area contributed by atoms with E-state index in [2.05, 4.69) is 14.7 Å². The molecule has 0 saturated carbocycles. The summed E-state index contributed by atoms with van der Waals surface area (Å²) >= 11 is 6.21. The van der Waals surface area contributed by atoms with Crippen molar-refractivity contribution in [1.82, 2.24) is 9.36 Å². The number of thiocarbonyl (C=S) groups is 1. The number of benzene rings is 1. The molecule has 0 fully saturated rings. The number of rotatable bonds is 3. The van der Waals surface area contributed by atoms with Crippen LogP contribution in [-0.2, 0) is 0 Å². The number of hydrogen-bond donors (Lipinski definition) is 2. The van der Waals surface area contributed by atoms with E-state index in [9.17, 15) is 0 Å². The van der Waals surface area contributed by atoms with Crippen LogP contribution in [-0.4, -0.2) is 14.3 Å². The van der Waals surface area contributed by atoms with Gasteiger partial charge in [-0.15, -0.1) is 0 Å². The number of nitrogens with zero attached hydrogens (tertiary/aromatic N) is 2. The van der Waals surface area contributed by atoms with Gasteiger partial charge in [-0.3, -0.25) is 0 Å². The molecule has 16 heavy (non-hydrogen) atoms. The topological polar surface area (TPSA) is 63.8 Å². The Morgan fingerprint density at radius 1 is 1.38 bits per heavy atom. The first kappa shape index (κ1) is 11.0. The Kier molecular flexibility index (Phi) is 3.12. The fourth-order valence-corrected chi connectivity index (χ4v) is 1.92. The Morgan fingerprint density at radius 3 is 2.56 bits per heavy atom. The van der Waals surface area contributed by atoms with E-state index in [1.54, 1.807) is 0 Å². The molecule has 0 amide bonds. The van der Waals surface area contributed by atoms with Gasteiger partial charge in [-0.1, -0.05) is 12.2 Å². The Morgan fingerprint density at radius 2 is 2.06 bits per heavy atom. The maximum absolute atomic E-state index is 5.51. The summed E-state index contributed by atoms with van der Waals surface area (Å²) in [4.78, 5) is 4.61. The maximum atomic E-state index is 5.51. The summed E-state index contributed by atoms with van der Waals surface area (Å²) in [6.45, 7) is 1.86. The van der Waals surface area contributed by atoms with Crippen LogP contribution in [0.5, 0.6) is 0 Å². The van der Waals surface area contributed by atoms with E-state index in [4.69, 9.17) is 18.0 Å². The van der Waals surface area contributed by atoms with Crippen molar-refractivity contribution < 1.29 is 0 Å². The van der Waals surface area contributed by atoms with Crippen LogP contribution >= 0.6 is 23.8 Å². The van der Waals surface area contributed by atoms with Crippen molar-refractivity contribution in [2.75, 3.05) is 5.32 Å².